The molecule has 2 aromatic heterocycles. The van der Waals surface area contributed by atoms with Crippen molar-refractivity contribution >= 4 is 62.7 Å². The molecule has 2 aliphatic heterocycles. The number of ketones is 3. The molecule has 3 N–H and O–H groups in total. The summed E-state index contributed by atoms with van der Waals surface area (Å²) in [6, 6.07) is 1.35. The van der Waals surface area contributed by atoms with Crippen LogP contribution in [0.1, 0.15) is 332 Å². The van der Waals surface area contributed by atoms with E-state index in [1.54, 1.807) is 50.0 Å². The van der Waals surface area contributed by atoms with Gasteiger partial charge in [-0.05, 0) is 286 Å². The highest BCUT2D eigenvalue weighted by Gasteiger charge is 2.56. The third-order valence-corrected chi connectivity index (χ3v) is 20.5. The Kier molecular flexibility index (Phi) is 48.1. The summed E-state index contributed by atoms with van der Waals surface area (Å²) in [4.78, 5) is 109. The average molecular weight is 1750 g/mol. The molecule has 0 aromatic carbocycles. The minimum Gasteiger partial charge on any atom is -0.464 e. The van der Waals surface area contributed by atoms with Crippen molar-refractivity contribution in [3.63, 3.8) is 0 Å². The lowest BCUT2D eigenvalue weighted by atomic mass is 9.74. The number of Topliss-reactive ketones (excluding diaryl/α,β-unsaturated/α-hetero) is 2. The van der Waals surface area contributed by atoms with Gasteiger partial charge in [-0.2, -0.15) is 4.39 Å². The van der Waals surface area contributed by atoms with Gasteiger partial charge in [-0.1, -0.05) is 99.8 Å². The van der Waals surface area contributed by atoms with Gasteiger partial charge in [0, 0.05) is 117 Å². The Bertz CT molecular complexity index is 4180. The van der Waals surface area contributed by atoms with Gasteiger partial charge >= 0.3 is 5.97 Å². The lowest BCUT2D eigenvalue weighted by molar-refractivity contribution is -0.156. The molecule has 21 nitrogen and oxygen atoms in total. The van der Waals surface area contributed by atoms with E-state index >= 15 is 0 Å². The number of aromatic nitrogens is 4. The van der Waals surface area contributed by atoms with Gasteiger partial charge in [0.15, 0.2) is 21.4 Å². The van der Waals surface area contributed by atoms with E-state index < -0.39 is 31.8 Å². The number of amides is 5. The molecule has 4 heterocycles. The van der Waals surface area contributed by atoms with Crippen molar-refractivity contribution in [2.75, 3.05) is 19.7 Å². The molecule has 698 valence electrons. The zero-order chi connectivity index (χ0) is 97.2. The number of nitrogens with one attached hydrogen (secondary N) is 3. The number of hydrogen-bond donors (Lipinski definition) is 3. The first-order valence-corrected chi connectivity index (χ1v) is 43.9. The number of esters is 1. The van der Waals surface area contributed by atoms with Gasteiger partial charge in [-0.3, -0.25) is 47.8 Å². The third kappa shape index (κ3) is 49.0. The number of rotatable bonds is 8. The maximum Gasteiger partial charge on any atom is 0.319 e. The number of ether oxygens (including phenoxy) is 1. The highest BCUT2D eigenvalue weighted by molar-refractivity contribution is 7.95. The van der Waals surface area contributed by atoms with E-state index in [2.05, 4.69) is 114 Å². The molecule has 0 bridgehead atoms. The predicted molar refractivity (Wildman–Crippen MR) is 493 cm³/mol. The first-order chi connectivity index (χ1) is 55.2. The van der Waals surface area contributed by atoms with Crippen molar-refractivity contribution < 1.29 is 73.9 Å². The molecule has 0 saturated heterocycles. The van der Waals surface area contributed by atoms with Crippen LogP contribution in [0.4, 0.5) is 17.6 Å². The molecule has 6 aliphatic rings. The highest BCUT2D eigenvalue weighted by Crippen LogP contribution is 2.48. The molecule has 4 aliphatic carbocycles. The van der Waals surface area contributed by atoms with Gasteiger partial charge in [-0.15, -0.1) is 11.5 Å². The summed E-state index contributed by atoms with van der Waals surface area (Å²) in [7, 11) is -3.07. The Balaban J connectivity index is -0.00000129. The Labute approximate surface area is 738 Å². The fourth-order valence-electron chi connectivity index (χ4n) is 10.7. The molecule has 8 rings (SSSR count). The molecule has 0 radical (unpaired) electrons. The number of imidazole rings is 1. The molecule has 2 aromatic rings. The Hall–Kier alpha value is -8.60. The second-order valence-electron chi connectivity index (χ2n) is 42.4. The normalized spacial score (nSPS) is 16.6. The van der Waals surface area contributed by atoms with Crippen LogP contribution in [0.2, 0.25) is 0 Å². The van der Waals surface area contributed by atoms with Crippen LogP contribution in [0.5, 0.6) is 0 Å². The van der Waals surface area contributed by atoms with Crippen molar-refractivity contribution in [2.24, 2.45) is 27.6 Å². The third-order valence-electron chi connectivity index (χ3n) is 18.4. The monoisotopic (exact) mass is 1750 g/mol. The first-order valence-electron chi connectivity index (χ1n) is 42.4. The van der Waals surface area contributed by atoms with Crippen LogP contribution >= 0.6 is 0 Å². The van der Waals surface area contributed by atoms with E-state index in [9.17, 15) is 69.1 Å². The molecule has 1 saturated carbocycles. The Morgan fingerprint density at radius 1 is 0.610 bits per heavy atom. The summed E-state index contributed by atoms with van der Waals surface area (Å²) in [5.41, 5.74) is -1.11. The van der Waals surface area contributed by atoms with Gasteiger partial charge < -0.3 is 35.1 Å². The molecule has 1 fully saturated rings. The first kappa shape index (κ1) is 119. The summed E-state index contributed by atoms with van der Waals surface area (Å²) < 4.78 is 81.0. The average Bonchev–Trinajstić information content (AvgIpc) is 1.62. The van der Waals surface area contributed by atoms with E-state index in [0.717, 1.165) is 50.6 Å². The second kappa shape index (κ2) is 49.9. The smallest absolute Gasteiger partial charge is 0.319 e. The number of terminal acetylenes is 1. The van der Waals surface area contributed by atoms with Crippen molar-refractivity contribution in [3.05, 3.63) is 132 Å². The zero-order valence-electron chi connectivity index (χ0n) is 82.1. The number of sulfone groups is 1. The van der Waals surface area contributed by atoms with E-state index in [1.165, 1.54) is 32.9 Å². The lowest BCUT2D eigenvalue weighted by Gasteiger charge is -2.36. The van der Waals surface area contributed by atoms with E-state index in [0.29, 0.717) is 74.3 Å². The largest absolute Gasteiger partial charge is 0.464 e. The van der Waals surface area contributed by atoms with Crippen molar-refractivity contribution in [3.8, 4) is 12.3 Å². The number of carbonyl (C=O) groups excluding carboxylic acids is 9. The number of allylic oxidation sites excluding steroid dienone is 6. The number of carbonyl (C=O) groups is 9. The van der Waals surface area contributed by atoms with Crippen molar-refractivity contribution in [1.29, 1.82) is 0 Å². The predicted octanol–water partition coefficient (Wildman–Crippen LogP) is 21.0. The molecule has 1 atom stereocenters. The maximum atomic E-state index is 13.3. The van der Waals surface area contributed by atoms with Crippen LogP contribution in [-0.4, -0.2) is 143 Å². The number of halogens is 4. The van der Waals surface area contributed by atoms with Crippen LogP contribution in [0.3, 0.4) is 0 Å². The minimum absolute atomic E-state index is 0.0259. The molecule has 5 amide bonds. The van der Waals surface area contributed by atoms with Crippen LogP contribution in [-0.2, 0) is 68.8 Å². The Morgan fingerprint density at radius 3 is 1.33 bits per heavy atom. The summed E-state index contributed by atoms with van der Waals surface area (Å²) in [6.07, 6.45) is 31.5. The standard InChI is InChI=1S/C11H18FNO.C11H18O3.C10H16FNO.C10H16O.C9H16FNO.C9H12N2.C9H15NO.C8H13NO.C7H11FN2.C7H12O.C6H12O2S/c1-11(2,3)13-10(14)8-6-4-5-7-9(8)12;1-8(12)11(5-6-11)9(13)14-7-10(2,3)4;1-10(2,3)12-9(13)7-5-4-6-8(7)11;1-10(2,3)8-6-4-5-7-9(8)11;1-6(7(2)10)8(12)11-9(3,4)5;1-5-8-10-6-7-11(8)9(2,3)4;1-9(2,3)10-7-5-4-6-8(10)11;1-8(2,3)9-6-4-5-7(9)10;1-7(2,3)10-5-4-6(8)9-10;1-5-6(8)7(2,3)4;1-5-9(7,8)6(2,3)4/h4-7H2,1-3H3,(H,13,14);5-7H2,1-4H3;4-6H2,1-3H3,(H,12,13);4-5,8H,6-7H2,1-3H3;1-5H3,(H,11,12);1,6-7H,2-4H3;4,6H,5,7H2,1-3H3;4-5H,6H2,1-3H3;4-5H,1-3H3;5H,1H2,2-4H3;5H,1H2,2-4H3/b;;;;7-6-;;;;;;. The van der Waals surface area contributed by atoms with Gasteiger partial charge in [-0.25, -0.2) is 26.6 Å². The van der Waals surface area contributed by atoms with Crippen molar-refractivity contribution in [2.45, 2.75) is 370 Å². The molecule has 1 unspecified atom stereocenters. The topological polar surface area (TPSA) is 275 Å². The summed E-state index contributed by atoms with van der Waals surface area (Å²) in [6.45, 7) is 77.1. The number of nitrogens with zero attached hydrogens (tertiary/aromatic N) is 6. The second-order valence-corrected chi connectivity index (χ2v) is 45.0. The van der Waals surface area contributed by atoms with Gasteiger partial charge in [0.1, 0.15) is 34.5 Å². The fourth-order valence-corrected chi connectivity index (χ4v) is 11.2. The van der Waals surface area contributed by atoms with Crippen molar-refractivity contribution in [1.82, 2.24) is 45.1 Å². The van der Waals surface area contributed by atoms with Gasteiger partial charge in [0.25, 0.3) is 0 Å². The molecule has 26 heteroatoms. The van der Waals surface area contributed by atoms with Crippen LogP contribution in [0.15, 0.2) is 120 Å². The highest BCUT2D eigenvalue weighted by atomic mass is 32.2. The molecular formula is C97H159F4N9O12S. The van der Waals surface area contributed by atoms with Gasteiger partial charge in [0.2, 0.25) is 35.5 Å². The number of hydrogen-bond acceptors (Lipinski definition) is 14. The van der Waals surface area contributed by atoms with E-state index in [-0.39, 0.29) is 125 Å². The minimum atomic E-state index is -3.07. The quantitative estimate of drug-likeness (QED) is 0.0554. The fraction of sp³-hybridized carbons (Fsp3) is 0.660. The molecule has 123 heavy (non-hydrogen) atoms. The van der Waals surface area contributed by atoms with E-state index in [1.807, 2.05) is 184 Å². The van der Waals surface area contributed by atoms with Crippen LogP contribution in [0.25, 0.3) is 0 Å². The molecular weight excluding hydrogens is 1590 g/mol. The van der Waals surface area contributed by atoms with Gasteiger partial charge in [0.05, 0.1) is 16.9 Å². The summed E-state index contributed by atoms with van der Waals surface area (Å²) >= 11 is 0. The van der Waals surface area contributed by atoms with Crippen LogP contribution in [0, 0.1) is 45.9 Å². The lowest BCUT2D eigenvalue weighted by Crippen LogP contribution is -2.46. The zero-order valence-corrected chi connectivity index (χ0v) is 82.9. The maximum absolute atomic E-state index is 13.3. The Morgan fingerprint density at radius 2 is 1.07 bits per heavy atom. The SMILES string of the molecule is C#Cc1nccn1C(C)(C)C.C/C(F)=C(\C)C(=O)NC(C)(C)C.C=CC(=O)C(C)(C)C.C=CS(=O)(=O)C(C)(C)C.CC(=O)C1(C(=O)OCC(C)(C)C)CC1.CC(C)(C)C1CC=CCC1=O.CC(C)(C)N1CC=CC1=O.CC(C)(C)N1CCC=CC1=O.CC(C)(C)NC(=O)C1=C(F)CCC1.CC(C)(C)NC(=O)C1=C(F)CCCC1.CC(C)(C)n1ccc(F)n1. The summed E-state index contributed by atoms with van der Waals surface area (Å²) in [5.74, 6) is 1.70. The molecule has 0 spiro atoms. The summed E-state index contributed by atoms with van der Waals surface area (Å²) in [5, 5.41) is 12.8. The van der Waals surface area contributed by atoms with E-state index in [4.69, 9.17) is 11.2 Å². The van der Waals surface area contributed by atoms with Crippen LogP contribution < -0.4 is 16.0 Å².